The lowest BCUT2D eigenvalue weighted by molar-refractivity contribution is 0.0618. The Balaban J connectivity index is 1.31. The molecule has 0 spiro atoms. The molecule has 7 heteroatoms. The number of rotatable bonds is 5. The lowest BCUT2D eigenvalue weighted by atomic mass is 10.2. The summed E-state index contributed by atoms with van der Waals surface area (Å²) < 4.78 is 3.98. The van der Waals surface area contributed by atoms with E-state index >= 15 is 0 Å². The molecule has 3 heterocycles. The van der Waals surface area contributed by atoms with Crippen molar-refractivity contribution in [1.29, 1.82) is 0 Å². The molecule has 0 aliphatic carbocycles. The summed E-state index contributed by atoms with van der Waals surface area (Å²) >= 11 is 0. The van der Waals surface area contributed by atoms with E-state index in [1.54, 1.807) is 16.9 Å². The second-order valence-electron chi connectivity index (χ2n) is 8.03. The SMILES string of the molecule is Cn1ccc(C(=O)N2CCN(Cc3nc4ccccc4n3Cc3ccccc3)CC2)n1. The molecule has 5 rings (SSSR count). The quantitative estimate of drug-likeness (QED) is 0.504. The minimum absolute atomic E-state index is 0.0107. The van der Waals surface area contributed by atoms with Crippen molar-refractivity contribution in [3.8, 4) is 0 Å². The normalized spacial score (nSPS) is 14.9. The number of piperazine rings is 1. The molecule has 31 heavy (non-hydrogen) atoms. The fraction of sp³-hybridized carbons (Fsp3) is 0.292. The van der Waals surface area contributed by atoms with Gasteiger partial charge in [0.15, 0.2) is 0 Å². The minimum Gasteiger partial charge on any atom is -0.335 e. The molecule has 1 aliphatic rings. The molecule has 7 nitrogen and oxygen atoms in total. The standard InChI is InChI=1S/C24H26N6O/c1-27-12-11-21(26-27)24(31)29-15-13-28(14-16-29)18-23-25-20-9-5-6-10-22(20)30(23)17-19-7-3-2-4-8-19/h2-12H,13-18H2,1H3. The van der Waals surface area contributed by atoms with Crippen LogP contribution in [0.2, 0.25) is 0 Å². The van der Waals surface area contributed by atoms with Crippen LogP contribution in [-0.2, 0) is 20.1 Å². The topological polar surface area (TPSA) is 59.2 Å². The average molecular weight is 415 g/mol. The number of aromatic nitrogens is 4. The van der Waals surface area contributed by atoms with Crippen LogP contribution in [0.1, 0.15) is 21.9 Å². The number of aryl methyl sites for hydroxylation is 1. The first-order chi connectivity index (χ1) is 15.2. The Kier molecular flexibility index (Phi) is 5.26. The Morgan fingerprint density at radius 1 is 0.903 bits per heavy atom. The first kappa shape index (κ1) is 19.5. The van der Waals surface area contributed by atoms with Crippen molar-refractivity contribution >= 4 is 16.9 Å². The van der Waals surface area contributed by atoms with E-state index in [-0.39, 0.29) is 5.91 Å². The summed E-state index contributed by atoms with van der Waals surface area (Å²) in [5, 5.41) is 4.25. The first-order valence-corrected chi connectivity index (χ1v) is 10.7. The predicted molar refractivity (Wildman–Crippen MR) is 120 cm³/mol. The smallest absolute Gasteiger partial charge is 0.274 e. The van der Waals surface area contributed by atoms with Gasteiger partial charge in [0.25, 0.3) is 5.91 Å². The lowest BCUT2D eigenvalue weighted by Crippen LogP contribution is -2.48. The number of para-hydroxylation sites is 2. The van der Waals surface area contributed by atoms with Crippen LogP contribution >= 0.6 is 0 Å². The van der Waals surface area contributed by atoms with Crippen molar-refractivity contribution in [1.82, 2.24) is 29.1 Å². The fourth-order valence-electron chi connectivity index (χ4n) is 4.19. The molecule has 0 N–H and O–H groups in total. The zero-order valence-electron chi connectivity index (χ0n) is 17.7. The van der Waals surface area contributed by atoms with Crippen molar-refractivity contribution < 1.29 is 4.79 Å². The molecule has 0 saturated carbocycles. The summed E-state index contributed by atoms with van der Waals surface area (Å²) in [6, 6.07) is 20.6. The highest BCUT2D eigenvalue weighted by Gasteiger charge is 2.24. The average Bonchev–Trinajstić information content (AvgIpc) is 3.38. The fourth-order valence-corrected chi connectivity index (χ4v) is 4.19. The molecule has 0 bridgehead atoms. The zero-order chi connectivity index (χ0) is 21.2. The first-order valence-electron chi connectivity index (χ1n) is 10.7. The van der Waals surface area contributed by atoms with Crippen LogP contribution in [0, 0.1) is 0 Å². The molecule has 1 saturated heterocycles. The minimum atomic E-state index is 0.0107. The molecule has 4 aromatic rings. The Hall–Kier alpha value is -3.45. The van der Waals surface area contributed by atoms with Gasteiger partial charge in [-0.15, -0.1) is 0 Å². The lowest BCUT2D eigenvalue weighted by Gasteiger charge is -2.34. The third-order valence-electron chi connectivity index (χ3n) is 5.87. The highest BCUT2D eigenvalue weighted by molar-refractivity contribution is 5.92. The van der Waals surface area contributed by atoms with Gasteiger partial charge in [0.05, 0.1) is 17.6 Å². The number of amides is 1. The predicted octanol–water partition coefficient (Wildman–Crippen LogP) is 2.78. The Bertz CT molecular complexity index is 1190. The van der Waals surface area contributed by atoms with E-state index < -0.39 is 0 Å². The third-order valence-corrected chi connectivity index (χ3v) is 5.87. The maximum absolute atomic E-state index is 12.7. The maximum Gasteiger partial charge on any atom is 0.274 e. The molecule has 1 aliphatic heterocycles. The summed E-state index contributed by atoms with van der Waals surface area (Å²) in [4.78, 5) is 21.9. The largest absolute Gasteiger partial charge is 0.335 e. The summed E-state index contributed by atoms with van der Waals surface area (Å²) in [6.07, 6.45) is 1.81. The van der Waals surface area contributed by atoms with Gasteiger partial charge in [-0.05, 0) is 23.8 Å². The molecular formula is C24H26N6O. The van der Waals surface area contributed by atoms with Gasteiger partial charge in [0.2, 0.25) is 0 Å². The Morgan fingerprint density at radius 3 is 2.39 bits per heavy atom. The molecule has 1 amide bonds. The van der Waals surface area contributed by atoms with Crippen LogP contribution in [0.5, 0.6) is 0 Å². The number of carbonyl (C=O) groups is 1. The number of nitrogens with zero attached hydrogens (tertiary/aromatic N) is 6. The molecule has 158 valence electrons. The van der Waals surface area contributed by atoms with Gasteiger partial charge < -0.3 is 9.47 Å². The van der Waals surface area contributed by atoms with E-state index in [0.29, 0.717) is 18.8 Å². The van der Waals surface area contributed by atoms with Gasteiger partial charge in [-0.1, -0.05) is 42.5 Å². The molecule has 2 aromatic carbocycles. The summed E-state index contributed by atoms with van der Waals surface area (Å²) in [5.74, 6) is 1.08. The van der Waals surface area contributed by atoms with Crippen LogP contribution in [0.15, 0.2) is 66.9 Å². The van der Waals surface area contributed by atoms with Crippen molar-refractivity contribution in [3.63, 3.8) is 0 Å². The van der Waals surface area contributed by atoms with E-state index in [2.05, 4.69) is 57.0 Å². The van der Waals surface area contributed by atoms with Gasteiger partial charge in [-0.25, -0.2) is 4.98 Å². The maximum atomic E-state index is 12.7. The number of hydrogen-bond acceptors (Lipinski definition) is 4. The Morgan fingerprint density at radius 2 is 1.65 bits per heavy atom. The molecule has 0 atom stereocenters. The number of hydrogen-bond donors (Lipinski definition) is 0. The van der Waals surface area contributed by atoms with Crippen LogP contribution in [0.4, 0.5) is 0 Å². The number of imidazole rings is 1. The summed E-state index contributed by atoms with van der Waals surface area (Å²) in [6.45, 7) is 4.63. The van der Waals surface area contributed by atoms with Gasteiger partial charge >= 0.3 is 0 Å². The molecule has 2 aromatic heterocycles. The van der Waals surface area contributed by atoms with Gasteiger partial charge in [0, 0.05) is 46.0 Å². The highest BCUT2D eigenvalue weighted by Crippen LogP contribution is 2.20. The van der Waals surface area contributed by atoms with Crippen molar-refractivity contribution in [2.45, 2.75) is 13.1 Å². The van der Waals surface area contributed by atoms with E-state index in [0.717, 1.165) is 43.0 Å². The zero-order valence-corrected chi connectivity index (χ0v) is 17.7. The van der Waals surface area contributed by atoms with E-state index in [4.69, 9.17) is 4.98 Å². The van der Waals surface area contributed by atoms with Gasteiger partial charge in [-0.2, -0.15) is 5.10 Å². The monoisotopic (exact) mass is 414 g/mol. The number of fused-ring (bicyclic) bond motifs is 1. The van der Waals surface area contributed by atoms with Crippen molar-refractivity contribution in [2.24, 2.45) is 7.05 Å². The van der Waals surface area contributed by atoms with Gasteiger partial charge in [-0.3, -0.25) is 14.4 Å². The van der Waals surface area contributed by atoms with Crippen LogP contribution in [0.25, 0.3) is 11.0 Å². The molecule has 1 fully saturated rings. The van der Waals surface area contributed by atoms with Crippen LogP contribution < -0.4 is 0 Å². The van der Waals surface area contributed by atoms with Crippen LogP contribution in [-0.4, -0.2) is 61.2 Å². The number of benzene rings is 2. The van der Waals surface area contributed by atoms with Crippen LogP contribution in [0.3, 0.4) is 0 Å². The molecule has 0 unspecified atom stereocenters. The Labute approximate surface area is 181 Å². The molecular weight excluding hydrogens is 388 g/mol. The summed E-state index contributed by atoms with van der Waals surface area (Å²) in [7, 11) is 1.83. The van der Waals surface area contributed by atoms with E-state index in [1.165, 1.54) is 5.56 Å². The van der Waals surface area contributed by atoms with E-state index in [1.807, 2.05) is 24.1 Å². The second-order valence-corrected chi connectivity index (χ2v) is 8.03. The number of carbonyl (C=O) groups excluding carboxylic acids is 1. The molecule has 0 radical (unpaired) electrons. The van der Waals surface area contributed by atoms with Gasteiger partial charge in [0.1, 0.15) is 11.5 Å². The third kappa shape index (κ3) is 4.09. The second kappa shape index (κ2) is 8.35. The van der Waals surface area contributed by atoms with E-state index in [9.17, 15) is 4.79 Å². The highest BCUT2D eigenvalue weighted by atomic mass is 16.2. The van der Waals surface area contributed by atoms with Crippen molar-refractivity contribution in [3.05, 3.63) is 83.9 Å². The summed E-state index contributed by atoms with van der Waals surface area (Å²) in [5.41, 5.74) is 3.96. The van der Waals surface area contributed by atoms with Crippen molar-refractivity contribution in [2.75, 3.05) is 26.2 Å².